The van der Waals surface area contributed by atoms with E-state index in [1.807, 2.05) is 18.2 Å². The van der Waals surface area contributed by atoms with Crippen LogP contribution in [-0.2, 0) is 4.74 Å². The molecule has 0 amide bonds. The molecule has 0 spiro atoms. The fraction of sp³-hybridized carbons (Fsp3) is 0.562. The van der Waals surface area contributed by atoms with Crippen LogP contribution in [0.3, 0.4) is 0 Å². The fourth-order valence-electron chi connectivity index (χ4n) is 2.58. The van der Waals surface area contributed by atoms with Gasteiger partial charge < -0.3 is 25.3 Å². The largest absolute Gasteiger partial charge is 0.490 e. The lowest BCUT2D eigenvalue weighted by Gasteiger charge is -2.20. The molecule has 0 saturated carbocycles. The van der Waals surface area contributed by atoms with Gasteiger partial charge in [-0.1, -0.05) is 0 Å². The highest BCUT2D eigenvalue weighted by Crippen LogP contribution is 2.32. The first kappa shape index (κ1) is 18.1. The average molecular weight is 433 g/mol. The zero-order valence-corrected chi connectivity index (χ0v) is 15.5. The van der Waals surface area contributed by atoms with E-state index in [-0.39, 0.29) is 24.0 Å². The number of hydrogen-bond acceptors (Lipinski definition) is 4. The molecule has 0 atom stereocenters. The molecule has 7 heteroatoms. The highest BCUT2D eigenvalue weighted by atomic mass is 127. The molecule has 2 heterocycles. The molecular formula is C16H24IN3O3. The normalized spacial score (nSPS) is 18.7. The van der Waals surface area contributed by atoms with Crippen LogP contribution < -0.4 is 20.5 Å². The second-order valence-corrected chi connectivity index (χ2v) is 5.62. The van der Waals surface area contributed by atoms with Crippen LogP contribution in [0.25, 0.3) is 0 Å². The van der Waals surface area contributed by atoms with Gasteiger partial charge in [-0.3, -0.25) is 4.99 Å². The summed E-state index contributed by atoms with van der Waals surface area (Å²) in [6.45, 7) is 3.76. The Morgan fingerprint density at radius 2 is 1.87 bits per heavy atom. The van der Waals surface area contributed by atoms with E-state index in [1.54, 1.807) is 0 Å². The number of aliphatic imine (C=N–C) groups is 1. The Balaban J connectivity index is 0.00000192. The molecule has 2 aliphatic heterocycles. The van der Waals surface area contributed by atoms with Crippen LogP contribution in [0, 0.1) is 5.92 Å². The Morgan fingerprint density at radius 3 is 2.65 bits per heavy atom. The predicted molar refractivity (Wildman–Crippen MR) is 101 cm³/mol. The number of benzene rings is 1. The van der Waals surface area contributed by atoms with E-state index < -0.39 is 0 Å². The molecule has 128 valence electrons. The molecule has 3 N–H and O–H groups in total. The molecule has 1 saturated heterocycles. The zero-order chi connectivity index (χ0) is 15.2. The van der Waals surface area contributed by atoms with Gasteiger partial charge in [-0.25, -0.2) is 0 Å². The van der Waals surface area contributed by atoms with Gasteiger partial charge in [-0.2, -0.15) is 0 Å². The number of nitrogens with two attached hydrogens (primary N) is 1. The lowest BCUT2D eigenvalue weighted by Crippen LogP contribution is -2.25. The summed E-state index contributed by atoms with van der Waals surface area (Å²) in [5, 5.41) is 3.11. The molecule has 0 bridgehead atoms. The Labute approximate surface area is 153 Å². The third-order valence-electron chi connectivity index (χ3n) is 3.88. The molecular weight excluding hydrogens is 409 g/mol. The monoisotopic (exact) mass is 433 g/mol. The van der Waals surface area contributed by atoms with Gasteiger partial charge in [0, 0.05) is 37.9 Å². The smallest absolute Gasteiger partial charge is 0.193 e. The summed E-state index contributed by atoms with van der Waals surface area (Å²) in [4.78, 5) is 4.43. The summed E-state index contributed by atoms with van der Waals surface area (Å²) in [5.74, 6) is 2.53. The first-order chi connectivity index (χ1) is 10.8. The quantitative estimate of drug-likeness (QED) is 0.436. The van der Waals surface area contributed by atoms with Gasteiger partial charge in [0.05, 0.1) is 13.2 Å². The molecule has 1 aromatic rings. The summed E-state index contributed by atoms with van der Waals surface area (Å²) < 4.78 is 16.6. The number of halogens is 1. The third-order valence-corrected chi connectivity index (χ3v) is 3.88. The van der Waals surface area contributed by atoms with Crippen molar-refractivity contribution in [1.29, 1.82) is 0 Å². The van der Waals surface area contributed by atoms with Crippen molar-refractivity contribution in [3.8, 4) is 11.5 Å². The maximum atomic E-state index is 5.97. The van der Waals surface area contributed by atoms with E-state index in [1.165, 1.54) is 0 Å². The van der Waals surface area contributed by atoms with Crippen LogP contribution in [0.1, 0.15) is 19.3 Å². The van der Waals surface area contributed by atoms with Gasteiger partial charge in [0.15, 0.2) is 17.5 Å². The van der Waals surface area contributed by atoms with Crippen LogP contribution in [0.4, 0.5) is 5.69 Å². The Hall–Kier alpha value is -1.22. The number of guanidine groups is 1. The standard InChI is InChI=1S/C16H23N3O3.HI/c17-16(18-11-12-4-8-20-9-5-12)19-13-2-3-14-15(10-13)22-7-1-6-21-14;/h2-3,10,12H,1,4-9,11H2,(H3,17,18,19);1H. The first-order valence-corrected chi connectivity index (χ1v) is 7.85. The highest BCUT2D eigenvalue weighted by Gasteiger charge is 2.13. The third kappa shape index (κ3) is 5.42. The van der Waals surface area contributed by atoms with Crippen molar-refractivity contribution < 1.29 is 14.2 Å². The molecule has 23 heavy (non-hydrogen) atoms. The maximum absolute atomic E-state index is 5.97. The number of ether oxygens (including phenoxy) is 3. The van der Waals surface area contributed by atoms with E-state index in [4.69, 9.17) is 19.9 Å². The number of anilines is 1. The summed E-state index contributed by atoms with van der Waals surface area (Å²) in [6, 6.07) is 5.72. The van der Waals surface area contributed by atoms with Crippen molar-refractivity contribution in [3.05, 3.63) is 18.2 Å². The van der Waals surface area contributed by atoms with E-state index in [0.29, 0.717) is 25.1 Å². The molecule has 2 aliphatic rings. The molecule has 1 fully saturated rings. The lowest BCUT2D eigenvalue weighted by molar-refractivity contribution is 0.0689. The molecule has 0 radical (unpaired) electrons. The molecule has 3 rings (SSSR count). The summed E-state index contributed by atoms with van der Waals surface area (Å²) in [7, 11) is 0. The topological polar surface area (TPSA) is 78.1 Å². The van der Waals surface area contributed by atoms with E-state index in [2.05, 4.69) is 10.3 Å². The maximum Gasteiger partial charge on any atom is 0.193 e. The molecule has 0 aromatic heterocycles. The van der Waals surface area contributed by atoms with Crippen molar-refractivity contribution in [2.45, 2.75) is 19.3 Å². The highest BCUT2D eigenvalue weighted by molar-refractivity contribution is 14.0. The molecule has 1 aromatic carbocycles. The Morgan fingerprint density at radius 1 is 1.13 bits per heavy atom. The molecule has 6 nitrogen and oxygen atoms in total. The SMILES string of the molecule is I.NC(=NCC1CCOCC1)Nc1ccc2c(c1)OCCCO2. The molecule has 0 aliphatic carbocycles. The number of nitrogens with one attached hydrogen (secondary N) is 1. The van der Waals surface area contributed by atoms with Gasteiger partial charge in [-0.15, -0.1) is 24.0 Å². The van der Waals surface area contributed by atoms with Gasteiger partial charge in [-0.05, 0) is 30.9 Å². The van der Waals surface area contributed by atoms with Crippen molar-refractivity contribution in [3.63, 3.8) is 0 Å². The number of hydrogen-bond donors (Lipinski definition) is 2. The summed E-state index contributed by atoms with van der Waals surface area (Å²) in [5.41, 5.74) is 6.82. The van der Waals surface area contributed by atoms with Crippen molar-refractivity contribution >= 4 is 35.6 Å². The number of rotatable bonds is 3. The summed E-state index contributed by atoms with van der Waals surface area (Å²) in [6.07, 6.45) is 3.01. The van der Waals surface area contributed by atoms with E-state index in [0.717, 1.165) is 56.2 Å². The van der Waals surface area contributed by atoms with E-state index in [9.17, 15) is 0 Å². The van der Waals surface area contributed by atoms with Crippen molar-refractivity contribution in [2.24, 2.45) is 16.6 Å². The molecule has 0 unspecified atom stereocenters. The predicted octanol–water partition coefficient (Wildman–Crippen LogP) is 2.62. The van der Waals surface area contributed by atoms with Crippen LogP contribution in [-0.4, -0.2) is 38.9 Å². The second kappa shape index (κ2) is 9.17. The van der Waals surface area contributed by atoms with Crippen LogP contribution in [0.15, 0.2) is 23.2 Å². The van der Waals surface area contributed by atoms with Gasteiger partial charge in [0.1, 0.15) is 0 Å². The lowest BCUT2D eigenvalue weighted by atomic mass is 10.0. The Bertz CT molecular complexity index is 533. The van der Waals surface area contributed by atoms with E-state index >= 15 is 0 Å². The minimum atomic E-state index is 0. The van der Waals surface area contributed by atoms with Gasteiger partial charge in [0.2, 0.25) is 0 Å². The average Bonchev–Trinajstić information content (AvgIpc) is 2.79. The zero-order valence-electron chi connectivity index (χ0n) is 13.1. The number of nitrogens with zero attached hydrogens (tertiary/aromatic N) is 1. The van der Waals surface area contributed by atoms with Gasteiger partial charge >= 0.3 is 0 Å². The fourth-order valence-corrected chi connectivity index (χ4v) is 2.58. The van der Waals surface area contributed by atoms with Crippen molar-refractivity contribution in [2.75, 3.05) is 38.3 Å². The minimum Gasteiger partial charge on any atom is -0.490 e. The minimum absolute atomic E-state index is 0. The van der Waals surface area contributed by atoms with Crippen LogP contribution in [0.5, 0.6) is 11.5 Å². The van der Waals surface area contributed by atoms with Crippen LogP contribution in [0.2, 0.25) is 0 Å². The summed E-state index contributed by atoms with van der Waals surface area (Å²) >= 11 is 0. The van der Waals surface area contributed by atoms with Crippen LogP contribution >= 0.6 is 24.0 Å². The number of fused-ring (bicyclic) bond motifs is 1. The van der Waals surface area contributed by atoms with Gasteiger partial charge in [0.25, 0.3) is 0 Å². The first-order valence-electron chi connectivity index (χ1n) is 7.85. The Kier molecular flexibility index (Phi) is 7.22. The second-order valence-electron chi connectivity index (χ2n) is 5.62. The van der Waals surface area contributed by atoms with Crippen molar-refractivity contribution in [1.82, 2.24) is 0 Å².